The van der Waals surface area contributed by atoms with Gasteiger partial charge in [-0.2, -0.15) is 8.42 Å². The van der Waals surface area contributed by atoms with Crippen LogP contribution in [-0.4, -0.2) is 24.9 Å². The summed E-state index contributed by atoms with van der Waals surface area (Å²) in [4.78, 5) is 4.48. The fraction of sp³-hybridized carbons (Fsp3) is 0.0833. The molecular weight excluding hydrogens is 337 g/mol. The lowest BCUT2D eigenvalue weighted by molar-refractivity contribution is 0.589. The zero-order chi connectivity index (χ0) is 15.2. The maximum absolute atomic E-state index is 13.3. The number of nitrogens with zero attached hydrogens (tertiary/aromatic N) is 3. The van der Waals surface area contributed by atoms with Crippen LogP contribution < -0.4 is 4.31 Å². The number of rotatable bonds is 3. The molecule has 0 aliphatic heterocycles. The third-order valence-corrected chi connectivity index (χ3v) is 5.90. The fourth-order valence-corrected chi connectivity index (χ4v) is 4.50. The quantitative estimate of drug-likeness (QED) is 0.733. The largest absolute Gasteiger partial charge is 0.283 e. The molecule has 2 heterocycles. The Morgan fingerprint density at radius 1 is 1.43 bits per heavy atom. The smallest absolute Gasteiger partial charge is 0.278 e. The van der Waals surface area contributed by atoms with Crippen LogP contribution >= 0.6 is 22.9 Å². The van der Waals surface area contributed by atoms with Gasteiger partial charge in [0.1, 0.15) is 5.82 Å². The zero-order valence-corrected chi connectivity index (χ0v) is 13.1. The molecule has 0 radical (unpaired) electrons. The summed E-state index contributed by atoms with van der Waals surface area (Å²) in [6.45, 7) is 0. The van der Waals surface area contributed by atoms with E-state index < -0.39 is 15.8 Å². The normalized spacial score (nSPS) is 12.0. The topological polar surface area (TPSA) is 54.7 Å². The molecule has 0 bridgehead atoms. The van der Waals surface area contributed by atoms with Gasteiger partial charge >= 0.3 is 0 Å². The number of fused-ring (bicyclic) bond motifs is 1. The van der Waals surface area contributed by atoms with Crippen molar-refractivity contribution in [1.29, 1.82) is 0 Å². The summed E-state index contributed by atoms with van der Waals surface area (Å²) >= 11 is 7.22. The van der Waals surface area contributed by atoms with E-state index in [1.807, 2.05) is 0 Å². The standard InChI is InChI=1S/C12H9ClFN3O2S2/c1-16(9-4-2-3-8(14)7-9)21(18,19)11-10(13)15-12-17(11)5-6-20-12/h2-7H,1H3. The van der Waals surface area contributed by atoms with Gasteiger partial charge in [-0.25, -0.2) is 9.37 Å². The van der Waals surface area contributed by atoms with Crippen molar-refractivity contribution in [2.45, 2.75) is 5.03 Å². The van der Waals surface area contributed by atoms with Gasteiger partial charge in [0.05, 0.1) is 5.69 Å². The first-order valence-corrected chi connectivity index (χ1v) is 8.46. The molecule has 0 aliphatic carbocycles. The van der Waals surface area contributed by atoms with Crippen LogP contribution in [0.1, 0.15) is 0 Å². The number of aromatic nitrogens is 2. The molecule has 21 heavy (non-hydrogen) atoms. The second-order valence-corrected chi connectivity index (χ2v) is 7.33. The van der Waals surface area contributed by atoms with Gasteiger partial charge in [-0.1, -0.05) is 17.7 Å². The highest BCUT2D eigenvalue weighted by atomic mass is 35.5. The minimum absolute atomic E-state index is 0.106. The number of sulfonamides is 1. The molecule has 5 nitrogen and oxygen atoms in total. The molecule has 0 amide bonds. The Balaban J connectivity index is 2.16. The van der Waals surface area contributed by atoms with Crippen LogP contribution in [0.25, 0.3) is 4.96 Å². The number of imidazole rings is 1. The number of thiazole rings is 1. The van der Waals surface area contributed by atoms with Crippen molar-refractivity contribution < 1.29 is 12.8 Å². The van der Waals surface area contributed by atoms with Gasteiger partial charge < -0.3 is 0 Å². The molecule has 0 spiro atoms. The Morgan fingerprint density at radius 3 is 2.90 bits per heavy atom. The molecule has 0 fully saturated rings. The summed E-state index contributed by atoms with van der Waals surface area (Å²) in [5.74, 6) is -0.519. The first kappa shape index (κ1) is 14.3. The maximum Gasteiger partial charge on any atom is 0.283 e. The van der Waals surface area contributed by atoms with Gasteiger partial charge in [0, 0.05) is 18.6 Å². The molecule has 0 unspecified atom stereocenters. The van der Waals surface area contributed by atoms with Gasteiger partial charge in [0.25, 0.3) is 10.0 Å². The van der Waals surface area contributed by atoms with Crippen LogP contribution in [0.5, 0.6) is 0 Å². The summed E-state index contributed by atoms with van der Waals surface area (Å²) < 4.78 is 41.1. The van der Waals surface area contributed by atoms with Crippen LogP contribution in [0, 0.1) is 5.82 Å². The fourth-order valence-electron chi connectivity index (χ4n) is 1.91. The Kier molecular flexibility index (Phi) is 3.39. The minimum atomic E-state index is -3.95. The molecule has 0 N–H and O–H groups in total. The van der Waals surface area contributed by atoms with Crippen molar-refractivity contribution in [2.24, 2.45) is 0 Å². The van der Waals surface area contributed by atoms with E-state index in [9.17, 15) is 12.8 Å². The third-order valence-electron chi connectivity index (χ3n) is 2.96. The molecule has 3 aromatic rings. The van der Waals surface area contributed by atoms with E-state index in [0.717, 1.165) is 10.4 Å². The highest BCUT2D eigenvalue weighted by Gasteiger charge is 2.29. The van der Waals surface area contributed by atoms with E-state index in [-0.39, 0.29) is 15.9 Å². The van der Waals surface area contributed by atoms with Gasteiger partial charge in [-0.3, -0.25) is 8.71 Å². The minimum Gasteiger partial charge on any atom is -0.278 e. The molecule has 2 aromatic heterocycles. The average molecular weight is 346 g/mol. The molecule has 0 atom stereocenters. The van der Waals surface area contributed by atoms with Crippen LogP contribution in [0.2, 0.25) is 5.15 Å². The third kappa shape index (κ3) is 2.29. The van der Waals surface area contributed by atoms with Crippen LogP contribution in [-0.2, 0) is 10.0 Å². The molecule has 0 saturated carbocycles. The molecule has 9 heteroatoms. The lowest BCUT2D eigenvalue weighted by atomic mass is 10.3. The number of hydrogen-bond donors (Lipinski definition) is 0. The van der Waals surface area contributed by atoms with Gasteiger partial charge in [0.2, 0.25) is 0 Å². The maximum atomic E-state index is 13.3. The molecular formula is C12H9ClFN3O2S2. The van der Waals surface area contributed by atoms with Crippen LogP contribution in [0.3, 0.4) is 0 Å². The summed E-state index contributed by atoms with van der Waals surface area (Å²) in [7, 11) is -2.61. The van der Waals surface area contributed by atoms with E-state index in [1.165, 1.54) is 41.0 Å². The Bertz CT molecular complexity index is 920. The van der Waals surface area contributed by atoms with Crippen LogP contribution in [0.15, 0.2) is 40.9 Å². The number of benzene rings is 1. The summed E-state index contributed by atoms with van der Waals surface area (Å²) in [5, 5.41) is 1.47. The second kappa shape index (κ2) is 4.97. The van der Waals surface area contributed by atoms with Crippen LogP contribution in [0.4, 0.5) is 10.1 Å². The average Bonchev–Trinajstić information content (AvgIpc) is 2.97. The highest BCUT2D eigenvalue weighted by Crippen LogP contribution is 2.29. The zero-order valence-electron chi connectivity index (χ0n) is 10.7. The van der Waals surface area contributed by atoms with Crippen molar-refractivity contribution in [3.05, 3.63) is 46.8 Å². The predicted octanol–water partition coefficient (Wildman–Crippen LogP) is 3.01. The SMILES string of the molecule is CN(c1cccc(F)c1)S(=O)(=O)c1c(Cl)nc2sccn12. The van der Waals surface area contributed by atoms with Crippen molar-refractivity contribution in [3.8, 4) is 0 Å². The first-order valence-electron chi connectivity index (χ1n) is 5.77. The lowest BCUT2D eigenvalue weighted by Crippen LogP contribution is -2.27. The summed E-state index contributed by atoms with van der Waals surface area (Å²) in [6.07, 6.45) is 1.57. The number of hydrogen-bond acceptors (Lipinski definition) is 4. The Hall–Kier alpha value is -1.64. The summed E-state index contributed by atoms with van der Waals surface area (Å²) in [5.41, 5.74) is 0.205. The van der Waals surface area contributed by atoms with Crippen molar-refractivity contribution >= 4 is 43.6 Å². The van der Waals surface area contributed by atoms with E-state index in [2.05, 4.69) is 4.98 Å². The monoisotopic (exact) mass is 345 g/mol. The molecule has 0 aliphatic rings. The number of anilines is 1. The molecule has 110 valence electrons. The number of halogens is 2. The van der Waals surface area contributed by atoms with E-state index in [1.54, 1.807) is 11.6 Å². The molecule has 0 saturated heterocycles. The van der Waals surface area contributed by atoms with Gasteiger partial charge in [0.15, 0.2) is 15.1 Å². The van der Waals surface area contributed by atoms with Crippen molar-refractivity contribution in [2.75, 3.05) is 11.4 Å². The van der Waals surface area contributed by atoms with E-state index >= 15 is 0 Å². The van der Waals surface area contributed by atoms with Crippen molar-refractivity contribution in [3.63, 3.8) is 0 Å². The Labute approximate surface area is 129 Å². The van der Waals surface area contributed by atoms with Gasteiger partial charge in [-0.05, 0) is 18.2 Å². The lowest BCUT2D eigenvalue weighted by Gasteiger charge is -2.19. The van der Waals surface area contributed by atoms with Crippen molar-refractivity contribution in [1.82, 2.24) is 9.38 Å². The molecule has 3 rings (SSSR count). The Morgan fingerprint density at radius 2 is 2.19 bits per heavy atom. The van der Waals surface area contributed by atoms with E-state index in [0.29, 0.717) is 4.96 Å². The first-order chi connectivity index (χ1) is 9.91. The molecule has 1 aromatic carbocycles. The van der Waals surface area contributed by atoms with Gasteiger partial charge in [-0.15, -0.1) is 11.3 Å². The van der Waals surface area contributed by atoms with E-state index in [4.69, 9.17) is 11.6 Å². The summed E-state index contributed by atoms with van der Waals surface area (Å²) in [6, 6.07) is 5.32. The predicted molar refractivity (Wildman–Crippen MR) is 80.1 cm³/mol. The highest BCUT2D eigenvalue weighted by molar-refractivity contribution is 7.92. The second-order valence-electron chi connectivity index (χ2n) is 4.22.